The SMILES string of the molecule is COc1ccc2cc(CN3CCN(C(=O)c4ccccc4C)CC3)c(=O)[nH]c2c1. The Morgan fingerprint density at radius 2 is 1.83 bits per heavy atom. The molecule has 2 aromatic carbocycles. The molecular formula is C23H25N3O3. The van der Waals surface area contributed by atoms with E-state index in [0.29, 0.717) is 19.6 Å². The van der Waals surface area contributed by atoms with Crippen molar-refractivity contribution in [2.75, 3.05) is 33.3 Å². The Labute approximate surface area is 169 Å². The number of aromatic amines is 1. The summed E-state index contributed by atoms with van der Waals surface area (Å²) in [6.45, 7) is 5.36. The maximum atomic E-state index is 12.8. The molecule has 1 amide bonds. The van der Waals surface area contributed by atoms with Gasteiger partial charge in [-0.2, -0.15) is 0 Å². The van der Waals surface area contributed by atoms with Gasteiger partial charge in [0, 0.05) is 49.9 Å². The van der Waals surface area contributed by atoms with Crippen LogP contribution in [0, 0.1) is 6.92 Å². The van der Waals surface area contributed by atoms with Crippen molar-refractivity contribution in [2.24, 2.45) is 0 Å². The average molecular weight is 391 g/mol. The lowest BCUT2D eigenvalue weighted by atomic mass is 10.1. The maximum Gasteiger partial charge on any atom is 0.254 e. The molecule has 29 heavy (non-hydrogen) atoms. The van der Waals surface area contributed by atoms with Crippen LogP contribution in [0.2, 0.25) is 0 Å². The summed E-state index contributed by atoms with van der Waals surface area (Å²) in [7, 11) is 1.61. The fraction of sp³-hybridized carbons (Fsp3) is 0.304. The largest absolute Gasteiger partial charge is 0.497 e. The number of fused-ring (bicyclic) bond motifs is 1. The van der Waals surface area contributed by atoms with E-state index >= 15 is 0 Å². The highest BCUT2D eigenvalue weighted by atomic mass is 16.5. The number of piperazine rings is 1. The summed E-state index contributed by atoms with van der Waals surface area (Å²) < 4.78 is 5.22. The number of benzene rings is 2. The molecule has 2 heterocycles. The van der Waals surface area contributed by atoms with Crippen molar-refractivity contribution in [2.45, 2.75) is 13.5 Å². The highest BCUT2D eigenvalue weighted by Crippen LogP contribution is 2.19. The zero-order valence-electron chi connectivity index (χ0n) is 16.8. The van der Waals surface area contributed by atoms with Crippen LogP contribution in [0.25, 0.3) is 10.9 Å². The van der Waals surface area contributed by atoms with E-state index in [2.05, 4.69) is 9.88 Å². The Morgan fingerprint density at radius 1 is 1.07 bits per heavy atom. The molecule has 1 saturated heterocycles. The van der Waals surface area contributed by atoms with E-state index in [1.807, 2.05) is 60.4 Å². The van der Waals surface area contributed by atoms with E-state index in [0.717, 1.165) is 46.4 Å². The minimum Gasteiger partial charge on any atom is -0.497 e. The predicted molar refractivity (Wildman–Crippen MR) is 113 cm³/mol. The minimum absolute atomic E-state index is 0.0795. The van der Waals surface area contributed by atoms with Crippen LogP contribution in [-0.4, -0.2) is 54.0 Å². The van der Waals surface area contributed by atoms with E-state index in [1.165, 1.54) is 0 Å². The molecule has 0 aliphatic carbocycles. The number of methoxy groups -OCH3 is 1. The van der Waals surface area contributed by atoms with Crippen LogP contribution in [0.4, 0.5) is 0 Å². The lowest BCUT2D eigenvalue weighted by Gasteiger charge is -2.35. The molecule has 1 aliphatic heterocycles. The number of aryl methyl sites for hydroxylation is 1. The van der Waals surface area contributed by atoms with Crippen molar-refractivity contribution in [1.29, 1.82) is 0 Å². The van der Waals surface area contributed by atoms with Crippen molar-refractivity contribution >= 4 is 16.8 Å². The quantitative estimate of drug-likeness (QED) is 0.743. The van der Waals surface area contributed by atoms with Gasteiger partial charge in [0.2, 0.25) is 0 Å². The summed E-state index contributed by atoms with van der Waals surface area (Å²) in [5.74, 6) is 0.801. The molecule has 6 heteroatoms. The Bertz CT molecular complexity index is 1100. The molecule has 4 rings (SSSR count). The normalized spacial score (nSPS) is 14.9. The number of amides is 1. The zero-order chi connectivity index (χ0) is 20.4. The number of hydrogen-bond acceptors (Lipinski definition) is 4. The second kappa shape index (κ2) is 8.09. The first-order valence-electron chi connectivity index (χ1n) is 9.82. The Hall–Kier alpha value is -3.12. The molecule has 1 aliphatic rings. The van der Waals surface area contributed by atoms with Gasteiger partial charge in [-0.1, -0.05) is 18.2 Å². The number of carbonyl (C=O) groups excluding carboxylic acids is 1. The molecule has 6 nitrogen and oxygen atoms in total. The predicted octanol–water partition coefficient (Wildman–Crippen LogP) is 2.80. The third-order valence-electron chi connectivity index (χ3n) is 5.56. The van der Waals surface area contributed by atoms with Gasteiger partial charge >= 0.3 is 0 Å². The molecule has 0 bridgehead atoms. The van der Waals surface area contributed by atoms with Crippen LogP contribution >= 0.6 is 0 Å². The van der Waals surface area contributed by atoms with Crippen LogP contribution in [0.3, 0.4) is 0 Å². The molecule has 1 N–H and O–H groups in total. The molecule has 3 aromatic rings. The Morgan fingerprint density at radius 3 is 2.55 bits per heavy atom. The van der Waals surface area contributed by atoms with Crippen molar-refractivity contribution in [1.82, 2.24) is 14.8 Å². The average Bonchev–Trinajstić information content (AvgIpc) is 2.74. The standard InChI is InChI=1S/C23H25N3O3/c1-16-5-3-4-6-20(16)23(28)26-11-9-25(10-12-26)15-18-13-17-7-8-19(29-2)14-21(17)24-22(18)27/h3-8,13-14H,9-12,15H2,1-2H3,(H,24,27). The Kier molecular flexibility index (Phi) is 5.36. The third kappa shape index (κ3) is 4.03. The van der Waals surface area contributed by atoms with Gasteiger partial charge in [-0.15, -0.1) is 0 Å². The number of aromatic nitrogens is 1. The topological polar surface area (TPSA) is 65.6 Å². The van der Waals surface area contributed by atoms with Gasteiger partial charge in [-0.05, 0) is 42.1 Å². The number of hydrogen-bond donors (Lipinski definition) is 1. The fourth-order valence-electron chi connectivity index (χ4n) is 3.80. The smallest absolute Gasteiger partial charge is 0.254 e. The molecule has 0 saturated carbocycles. The highest BCUT2D eigenvalue weighted by molar-refractivity contribution is 5.95. The summed E-state index contributed by atoms with van der Waals surface area (Å²) in [6, 6.07) is 15.3. The van der Waals surface area contributed by atoms with Crippen LogP contribution < -0.4 is 10.3 Å². The van der Waals surface area contributed by atoms with E-state index in [4.69, 9.17) is 4.74 Å². The van der Waals surface area contributed by atoms with E-state index < -0.39 is 0 Å². The van der Waals surface area contributed by atoms with Crippen molar-refractivity contribution in [3.8, 4) is 5.75 Å². The van der Waals surface area contributed by atoms with Gasteiger partial charge in [-0.25, -0.2) is 0 Å². The van der Waals surface area contributed by atoms with E-state index in [9.17, 15) is 9.59 Å². The third-order valence-corrected chi connectivity index (χ3v) is 5.56. The van der Waals surface area contributed by atoms with Gasteiger partial charge in [-0.3, -0.25) is 14.5 Å². The summed E-state index contributed by atoms with van der Waals surface area (Å²) in [5.41, 5.74) is 3.19. The van der Waals surface area contributed by atoms with Crippen LogP contribution in [-0.2, 0) is 6.54 Å². The highest BCUT2D eigenvalue weighted by Gasteiger charge is 2.23. The van der Waals surface area contributed by atoms with Crippen molar-refractivity contribution in [3.63, 3.8) is 0 Å². The summed E-state index contributed by atoms with van der Waals surface area (Å²) in [6.07, 6.45) is 0. The molecule has 1 fully saturated rings. The molecule has 150 valence electrons. The number of rotatable bonds is 4. The molecule has 0 spiro atoms. The maximum absolute atomic E-state index is 12.8. The number of ether oxygens (including phenoxy) is 1. The molecule has 0 unspecified atom stereocenters. The molecule has 0 radical (unpaired) electrons. The van der Waals surface area contributed by atoms with Gasteiger partial charge < -0.3 is 14.6 Å². The molecule has 0 atom stereocenters. The number of carbonyl (C=O) groups is 1. The number of H-pyrrole nitrogens is 1. The lowest BCUT2D eigenvalue weighted by Crippen LogP contribution is -2.48. The number of nitrogens with zero attached hydrogens (tertiary/aromatic N) is 2. The number of nitrogens with one attached hydrogen (secondary N) is 1. The fourth-order valence-corrected chi connectivity index (χ4v) is 3.80. The second-order valence-corrected chi connectivity index (χ2v) is 7.46. The summed E-state index contributed by atoms with van der Waals surface area (Å²) in [4.78, 5) is 32.4. The molecule has 1 aromatic heterocycles. The van der Waals surface area contributed by atoms with Gasteiger partial charge in [0.1, 0.15) is 5.75 Å². The minimum atomic E-state index is -0.0795. The van der Waals surface area contributed by atoms with Gasteiger partial charge in [0.15, 0.2) is 0 Å². The van der Waals surface area contributed by atoms with Crippen molar-refractivity contribution in [3.05, 3.63) is 75.6 Å². The Balaban J connectivity index is 1.43. The summed E-state index contributed by atoms with van der Waals surface area (Å²) in [5, 5.41) is 0.980. The van der Waals surface area contributed by atoms with Crippen LogP contribution in [0.1, 0.15) is 21.5 Å². The van der Waals surface area contributed by atoms with Gasteiger partial charge in [0.05, 0.1) is 12.6 Å². The molecular weight excluding hydrogens is 366 g/mol. The van der Waals surface area contributed by atoms with E-state index in [-0.39, 0.29) is 11.5 Å². The first-order chi connectivity index (χ1) is 14.0. The second-order valence-electron chi connectivity index (χ2n) is 7.46. The number of pyridine rings is 1. The van der Waals surface area contributed by atoms with E-state index in [1.54, 1.807) is 7.11 Å². The first kappa shape index (κ1) is 19.2. The zero-order valence-corrected chi connectivity index (χ0v) is 16.8. The monoisotopic (exact) mass is 391 g/mol. The summed E-state index contributed by atoms with van der Waals surface area (Å²) >= 11 is 0. The first-order valence-corrected chi connectivity index (χ1v) is 9.82. The van der Waals surface area contributed by atoms with Crippen molar-refractivity contribution < 1.29 is 9.53 Å². The van der Waals surface area contributed by atoms with Crippen LogP contribution in [0.15, 0.2) is 53.3 Å². The van der Waals surface area contributed by atoms with Gasteiger partial charge in [0.25, 0.3) is 11.5 Å². The van der Waals surface area contributed by atoms with Crippen LogP contribution in [0.5, 0.6) is 5.75 Å². The lowest BCUT2D eigenvalue weighted by molar-refractivity contribution is 0.0627.